The first-order valence-corrected chi connectivity index (χ1v) is 10.1. The zero-order chi connectivity index (χ0) is 22.2. The predicted octanol–water partition coefficient (Wildman–Crippen LogP) is 5.09. The van der Waals surface area contributed by atoms with Crippen LogP contribution in [0.15, 0.2) is 67.3 Å². The van der Waals surface area contributed by atoms with Crippen molar-refractivity contribution >= 4 is 17.0 Å². The number of benzene rings is 2. The maximum atomic E-state index is 13.8. The molecule has 0 spiro atoms. The number of methoxy groups -OCH3 is 1. The van der Waals surface area contributed by atoms with E-state index in [9.17, 15) is 4.39 Å². The van der Waals surface area contributed by atoms with E-state index in [2.05, 4.69) is 15.4 Å². The third-order valence-corrected chi connectivity index (χ3v) is 5.27. The summed E-state index contributed by atoms with van der Waals surface area (Å²) in [7, 11) is 1.62. The first-order valence-electron chi connectivity index (χ1n) is 10.1. The number of fused-ring (bicyclic) bond motifs is 1. The van der Waals surface area contributed by atoms with Crippen LogP contribution in [0, 0.1) is 19.7 Å². The molecule has 0 fully saturated rings. The van der Waals surface area contributed by atoms with E-state index in [1.807, 2.05) is 61.0 Å². The molecule has 3 heterocycles. The molecule has 0 atom stereocenters. The molecule has 5 rings (SSSR count). The van der Waals surface area contributed by atoms with Crippen LogP contribution in [0.1, 0.15) is 11.4 Å². The van der Waals surface area contributed by atoms with Gasteiger partial charge >= 0.3 is 0 Å². The Labute approximate surface area is 184 Å². The number of hydrogen-bond acceptors (Lipinski definition) is 5. The van der Waals surface area contributed by atoms with E-state index in [0.717, 1.165) is 33.8 Å². The van der Waals surface area contributed by atoms with Gasteiger partial charge in [-0.3, -0.25) is 0 Å². The fourth-order valence-corrected chi connectivity index (χ4v) is 3.67. The Balaban J connectivity index is 1.52. The second-order valence-corrected chi connectivity index (χ2v) is 7.49. The lowest BCUT2D eigenvalue weighted by atomic mass is 10.1. The van der Waals surface area contributed by atoms with Gasteiger partial charge < -0.3 is 14.5 Å². The highest BCUT2D eigenvalue weighted by molar-refractivity contribution is 5.78. The second-order valence-electron chi connectivity index (χ2n) is 7.49. The normalized spacial score (nSPS) is 11.1. The summed E-state index contributed by atoms with van der Waals surface area (Å²) in [6.07, 6.45) is 5.48. The van der Waals surface area contributed by atoms with Gasteiger partial charge in [-0.2, -0.15) is 5.10 Å². The van der Waals surface area contributed by atoms with Crippen LogP contribution in [0.5, 0.6) is 5.75 Å². The number of hydrogen-bond donors (Lipinski definition) is 1. The predicted molar refractivity (Wildman–Crippen MR) is 121 cm³/mol. The number of halogens is 1. The topological polar surface area (TPSA) is 69.3 Å². The van der Waals surface area contributed by atoms with Gasteiger partial charge in [-0.05, 0) is 55.8 Å². The number of nitrogens with one attached hydrogen (secondary N) is 1. The Bertz CT molecular complexity index is 1440. The van der Waals surface area contributed by atoms with E-state index in [4.69, 9.17) is 9.72 Å². The molecule has 160 valence electrons. The molecule has 2 aromatic carbocycles. The third kappa shape index (κ3) is 3.56. The van der Waals surface area contributed by atoms with Crippen LogP contribution in [0.25, 0.3) is 22.6 Å². The Kier molecular flexibility index (Phi) is 4.82. The molecule has 0 bridgehead atoms. The molecule has 3 aromatic heterocycles. The molecule has 1 N–H and O–H groups in total. The van der Waals surface area contributed by atoms with E-state index < -0.39 is 0 Å². The summed E-state index contributed by atoms with van der Waals surface area (Å²) in [5.74, 6) is 1.06. The number of pyridine rings is 1. The fraction of sp³-hybridized carbons (Fsp3) is 0.125. The van der Waals surface area contributed by atoms with Crippen LogP contribution in [-0.2, 0) is 0 Å². The minimum atomic E-state index is -0.282. The van der Waals surface area contributed by atoms with Crippen LogP contribution >= 0.6 is 0 Å². The number of nitrogens with zero attached hydrogens (tertiary/aromatic N) is 5. The van der Waals surface area contributed by atoms with E-state index in [1.54, 1.807) is 24.2 Å². The molecule has 0 aliphatic rings. The minimum Gasteiger partial charge on any atom is -0.494 e. The molecule has 0 amide bonds. The van der Waals surface area contributed by atoms with E-state index >= 15 is 0 Å². The van der Waals surface area contributed by atoms with Crippen molar-refractivity contribution in [3.63, 3.8) is 0 Å². The van der Waals surface area contributed by atoms with Crippen molar-refractivity contribution in [3.8, 4) is 22.7 Å². The maximum absolute atomic E-state index is 13.8. The smallest absolute Gasteiger partial charge is 0.161 e. The molecule has 0 saturated heterocycles. The molecule has 0 aliphatic carbocycles. The van der Waals surface area contributed by atoms with Gasteiger partial charge in [-0.1, -0.05) is 6.07 Å². The summed E-state index contributed by atoms with van der Waals surface area (Å²) in [6.45, 7) is 3.78. The summed E-state index contributed by atoms with van der Waals surface area (Å²) < 4.78 is 23.0. The zero-order valence-electron chi connectivity index (χ0n) is 17.9. The van der Waals surface area contributed by atoms with Crippen molar-refractivity contribution in [2.75, 3.05) is 12.4 Å². The van der Waals surface area contributed by atoms with Gasteiger partial charge in [-0.15, -0.1) is 0 Å². The number of imidazole rings is 1. The quantitative estimate of drug-likeness (QED) is 0.422. The fourth-order valence-electron chi connectivity index (χ4n) is 3.67. The van der Waals surface area contributed by atoms with Gasteiger partial charge in [0.15, 0.2) is 5.65 Å². The molecule has 0 radical (unpaired) electrons. The highest BCUT2D eigenvalue weighted by Crippen LogP contribution is 2.31. The summed E-state index contributed by atoms with van der Waals surface area (Å²) in [5, 5.41) is 7.77. The van der Waals surface area contributed by atoms with Crippen molar-refractivity contribution in [1.29, 1.82) is 0 Å². The first-order chi connectivity index (χ1) is 15.5. The number of ether oxygens (including phenoxy) is 1. The molecule has 5 aromatic rings. The monoisotopic (exact) mass is 428 g/mol. The number of aromatic nitrogens is 5. The third-order valence-electron chi connectivity index (χ3n) is 5.27. The van der Waals surface area contributed by atoms with Crippen molar-refractivity contribution in [3.05, 3.63) is 84.5 Å². The largest absolute Gasteiger partial charge is 0.494 e. The summed E-state index contributed by atoms with van der Waals surface area (Å²) >= 11 is 0. The van der Waals surface area contributed by atoms with Crippen LogP contribution < -0.4 is 10.1 Å². The molecule has 0 saturated carbocycles. The standard InChI is InChI=1S/C24H21FN6O/c1-15-6-7-17(25)11-19(15)21-13-30-10-4-5-20(24(30)28-21)27-18-8-9-22(23(12-18)32-3)31-14-26-16(2)29-31/h4-14,27H,1-3H3. The highest BCUT2D eigenvalue weighted by Gasteiger charge is 2.13. The van der Waals surface area contributed by atoms with Gasteiger partial charge in [0, 0.05) is 29.7 Å². The van der Waals surface area contributed by atoms with E-state index in [1.165, 1.54) is 12.1 Å². The lowest BCUT2D eigenvalue weighted by Crippen LogP contribution is -2.01. The maximum Gasteiger partial charge on any atom is 0.161 e. The van der Waals surface area contributed by atoms with Crippen LogP contribution in [0.3, 0.4) is 0 Å². The van der Waals surface area contributed by atoms with Crippen molar-refractivity contribution in [1.82, 2.24) is 24.1 Å². The highest BCUT2D eigenvalue weighted by atomic mass is 19.1. The van der Waals surface area contributed by atoms with Crippen molar-refractivity contribution in [2.45, 2.75) is 13.8 Å². The van der Waals surface area contributed by atoms with Gasteiger partial charge in [0.2, 0.25) is 0 Å². The van der Waals surface area contributed by atoms with Crippen LogP contribution in [-0.4, -0.2) is 31.3 Å². The van der Waals surface area contributed by atoms with E-state index in [-0.39, 0.29) is 5.82 Å². The molecule has 7 nitrogen and oxygen atoms in total. The Morgan fingerprint density at radius 3 is 2.72 bits per heavy atom. The molecule has 8 heteroatoms. The number of rotatable bonds is 5. The number of aryl methyl sites for hydroxylation is 2. The van der Waals surface area contributed by atoms with Gasteiger partial charge in [0.25, 0.3) is 0 Å². The van der Waals surface area contributed by atoms with Gasteiger partial charge in [0.05, 0.1) is 18.5 Å². The molecular weight excluding hydrogens is 407 g/mol. The van der Waals surface area contributed by atoms with Gasteiger partial charge in [0.1, 0.15) is 29.4 Å². The zero-order valence-corrected chi connectivity index (χ0v) is 17.9. The van der Waals surface area contributed by atoms with Crippen LogP contribution in [0.4, 0.5) is 15.8 Å². The van der Waals surface area contributed by atoms with E-state index in [0.29, 0.717) is 17.3 Å². The Morgan fingerprint density at radius 2 is 1.94 bits per heavy atom. The average molecular weight is 428 g/mol. The lowest BCUT2D eigenvalue weighted by Gasteiger charge is -2.12. The lowest BCUT2D eigenvalue weighted by molar-refractivity contribution is 0.412. The summed E-state index contributed by atoms with van der Waals surface area (Å²) in [5.41, 5.74) is 5.64. The minimum absolute atomic E-state index is 0.282. The molecular formula is C24H21FN6O. The Hall–Kier alpha value is -4.20. The molecule has 0 unspecified atom stereocenters. The summed E-state index contributed by atoms with van der Waals surface area (Å²) in [6, 6.07) is 14.4. The molecule has 0 aliphatic heterocycles. The average Bonchev–Trinajstić information content (AvgIpc) is 3.42. The van der Waals surface area contributed by atoms with Gasteiger partial charge in [-0.25, -0.2) is 19.0 Å². The SMILES string of the molecule is COc1cc(Nc2cccn3cc(-c4cc(F)ccc4C)nc23)ccc1-n1cnc(C)n1. The summed E-state index contributed by atoms with van der Waals surface area (Å²) in [4.78, 5) is 8.95. The second kappa shape index (κ2) is 7.81. The van der Waals surface area contributed by atoms with Crippen LogP contribution in [0.2, 0.25) is 0 Å². The molecule has 32 heavy (non-hydrogen) atoms. The number of anilines is 2. The van der Waals surface area contributed by atoms with Crippen molar-refractivity contribution in [2.24, 2.45) is 0 Å². The Morgan fingerprint density at radius 1 is 1.06 bits per heavy atom. The van der Waals surface area contributed by atoms with Crippen molar-refractivity contribution < 1.29 is 9.13 Å². The first kappa shape index (κ1) is 19.7.